The Morgan fingerprint density at radius 1 is 1.00 bits per heavy atom. The van der Waals surface area contributed by atoms with Gasteiger partial charge in [-0.2, -0.15) is 0 Å². The van der Waals surface area contributed by atoms with E-state index in [0.29, 0.717) is 22.2 Å². The standard InChI is InChI=1S/C23H19N3O2/c1-2-16-6-5-7-18(14-16)25-22(27)17-10-12-19(13-11-17)26-15-24-21-9-4-3-8-20(21)23(26)28/h3-15H,2H2,1H3,(H,25,27). The Morgan fingerprint density at radius 2 is 1.79 bits per heavy atom. The van der Waals surface area contributed by atoms with Gasteiger partial charge in [0.15, 0.2) is 0 Å². The number of benzene rings is 3. The molecule has 0 unspecified atom stereocenters. The van der Waals surface area contributed by atoms with Gasteiger partial charge < -0.3 is 5.32 Å². The summed E-state index contributed by atoms with van der Waals surface area (Å²) in [7, 11) is 0. The lowest BCUT2D eigenvalue weighted by atomic mass is 10.1. The van der Waals surface area contributed by atoms with Crippen molar-refractivity contribution in [2.24, 2.45) is 0 Å². The first-order valence-corrected chi connectivity index (χ1v) is 9.13. The predicted octanol–water partition coefficient (Wildman–Crippen LogP) is 4.20. The molecule has 28 heavy (non-hydrogen) atoms. The second kappa shape index (κ2) is 7.48. The number of carbonyl (C=O) groups is 1. The molecule has 1 amide bonds. The molecule has 4 rings (SSSR count). The summed E-state index contributed by atoms with van der Waals surface area (Å²) in [5.41, 5.74) is 3.63. The first-order valence-electron chi connectivity index (χ1n) is 9.13. The number of hydrogen-bond acceptors (Lipinski definition) is 3. The number of para-hydroxylation sites is 1. The second-order valence-electron chi connectivity index (χ2n) is 6.49. The third-order valence-electron chi connectivity index (χ3n) is 4.67. The van der Waals surface area contributed by atoms with Gasteiger partial charge in [-0.25, -0.2) is 4.98 Å². The monoisotopic (exact) mass is 369 g/mol. The first kappa shape index (κ1) is 17.7. The Bertz CT molecular complexity index is 1210. The van der Waals surface area contributed by atoms with Crippen molar-refractivity contribution >= 4 is 22.5 Å². The third-order valence-corrected chi connectivity index (χ3v) is 4.67. The van der Waals surface area contributed by atoms with Gasteiger partial charge in [-0.3, -0.25) is 14.2 Å². The quantitative estimate of drug-likeness (QED) is 0.586. The highest BCUT2D eigenvalue weighted by atomic mass is 16.1. The van der Waals surface area contributed by atoms with E-state index in [-0.39, 0.29) is 11.5 Å². The Hall–Kier alpha value is -3.73. The molecule has 0 aliphatic heterocycles. The number of rotatable bonds is 4. The minimum Gasteiger partial charge on any atom is -0.322 e. The SMILES string of the molecule is CCc1cccc(NC(=O)c2ccc(-n3cnc4ccccc4c3=O)cc2)c1. The lowest BCUT2D eigenvalue weighted by molar-refractivity contribution is 0.102. The number of carbonyl (C=O) groups excluding carboxylic acids is 1. The molecule has 0 bridgehead atoms. The fourth-order valence-electron chi connectivity index (χ4n) is 3.10. The van der Waals surface area contributed by atoms with E-state index in [1.54, 1.807) is 30.3 Å². The van der Waals surface area contributed by atoms with E-state index >= 15 is 0 Å². The maximum atomic E-state index is 12.7. The molecule has 0 atom stereocenters. The zero-order chi connectivity index (χ0) is 19.5. The topological polar surface area (TPSA) is 64.0 Å². The summed E-state index contributed by atoms with van der Waals surface area (Å²) in [6.45, 7) is 2.07. The van der Waals surface area contributed by atoms with Gasteiger partial charge in [0.05, 0.1) is 16.6 Å². The van der Waals surface area contributed by atoms with Crippen LogP contribution in [0.3, 0.4) is 0 Å². The number of nitrogens with one attached hydrogen (secondary N) is 1. The van der Waals surface area contributed by atoms with Crippen molar-refractivity contribution in [2.45, 2.75) is 13.3 Å². The van der Waals surface area contributed by atoms with Crippen molar-refractivity contribution in [2.75, 3.05) is 5.32 Å². The fraction of sp³-hybridized carbons (Fsp3) is 0.0870. The Balaban J connectivity index is 1.59. The van der Waals surface area contributed by atoms with Gasteiger partial charge in [-0.1, -0.05) is 31.2 Å². The van der Waals surface area contributed by atoms with Crippen LogP contribution in [0.2, 0.25) is 0 Å². The van der Waals surface area contributed by atoms with E-state index in [1.165, 1.54) is 10.9 Å². The molecule has 0 spiro atoms. The maximum Gasteiger partial charge on any atom is 0.265 e. The summed E-state index contributed by atoms with van der Waals surface area (Å²) < 4.78 is 1.48. The number of hydrogen-bond donors (Lipinski definition) is 1. The molecule has 0 saturated carbocycles. The van der Waals surface area contributed by atoms with E-state index in [1.807, 2.05) is 42.5 Å². The van der Waals surface area contributed by atoms with E-state index in [9.17, 15) is 9.59 Å². The maximum absolute atomic E-state index is 12.7. The van der Waals surface area contributed by atoms with Crippen molar-refractivity contribution < 1.29 is 4.79 Å². The van der Waals surface area contributed by atoms with Gasteiger partial charge in [-0.05, 0) is 60.5 Å². The van der Waals surface area contributed by atoms with Gasteiger partial charge in [0, 0.05) is 11.3 Å². The molecule has 0 radical (unpaired) electrons. The van der Waals surface area contributed by atoms with Crippen molar-refractivity contribution in [3.05, 3.63) is 101 Å². The number of aryl methyl sites for hydroxylation is 1. The summed E-state index contributed by atoms with van der Waals surface area (Å²) in [6.07, 6.45) is 2.42. The molecule has 5 heteroatoms. The molecular weight excluding hydrogens is 350 g/mol. The summed E-state index contributed by atoms with van der Waals surface area (Å²) in [6, 6.07) is 21.9. The zero-order valence-corrected chi connectivity index (χ0v) is 15.4. The van der Waals surface area contributed by atoms with Crippen LogP contribution in [0.1, 0.15) is 22.8 Å². The lowest BCUT2D eigenvalue weighted by Gasteiger charge is -2.09. The highest BCUT2D eigenvalue weighted by Gasteiger charge is 2.09. The van der Waals surface area contributed by atoms with Crippen LogP contribution in [0.15, 0.2) is 83.9 Å². The highest BCUT2D eigenvalue weighted by molar-refractivity contribution is 6.04. The average molecular weight is 369 g/mol. The Morgan fingerprint density at radius 3 is 2.57 bits per heavy atom. The van der Waals surface area contributed by atoms with Crippen molar-refractivity contribution in [1.29, 1.82) is 0 Å². The molecule has 5 nitrogen and oxygen atoms in total. The fourth-order valence-corrected chi connectivity index (χ4v) is 3.10. The number of fused-ring (bicyclic) bond motifs is 1. The third kappa shape index (κ3) is 3.42. The number of amides is 1. The minimum atomic E-state index is -0.191. The lowest BCUT2D eigenvalue weighted by Crippen LogP contribution is -2.19. The van der Waals surface area contributed by atoms with Gasteiger partial charge in [-0.15, -0.1) is 0 Å². The van der Waals surface area contributed by atoms with Crippen molar-refractivity contribution in [3.8, 4) is 5.69 Å². The number of anilines is 1. The summed E-state index contributed by atoms with van der Waals surface area (Å²) in [4.78, 5) is 29.5. The van der Waals surface area contributed by atoms with E-state index in [4.69, 9.17) is 0 Å². The van der Waals surface area contributed by atoms with Crippen molar-refractivity contribution in [1.82, 2.24) is 9.55 Å². The number of nitrogens with zero attached hydrogens (tertiary/aromatic N) is 2. The molecule has 0 saturated heterocycles. The van der Waals surface area contributed by atoms with Crippen molar-refractivity contribution in [3.63, 3.8) is 0 Å². The van der Waals surface area contributed by atoms with Crippen LogP contribution in [-0.2, 0) is 6.42 Å². The molecule has 1 aromatic heterocycles. The summed E-state index contributed by atoms with van der Waals surface area (Å²) >= 11 is 0. The van der Waals surface area contributed by atoms with Crippen LogP contribution in [0.5, 0.6) is 0 Å². The van der Waals surface area contributed by atoms with Crippen LogP contribution in [-0.4, -0.2) is 15.5 Å². The molecule has 1 N–H and O–H groups in total. The van der Waals surface area contributed by atoms with Gasteiger partial charge >= 0.3 is 0 Å². The van der Waals surface area contributed by atoms with Gasteiger partial charge in [0.2, 0.25) is 0 Å². The molecule has 1 heterocycles. The van der Waals surface area contributed by atoms with E-state index in [0.717, 1.165) is 17.7 Å². The Kier molecular flexibility index (Phi) is 4.72. The van der Waals surface area contributed by atoms with E-state index < -0.39 is 0 Å². The summed E-state index contributed by atoms with van der Waals surface area (Å²) in [5, 5.41) is 3.47. The molecule has 0 fully saturated rings. The first-order chi connectivity index (χ1) is 13.7. The molecule has 0 aliphatic carbocycles. The van der Waals surface area contributed by atoms with Crippen LogP contribution in [0, 0.1) is 0 Å². The van der Waals surface area contributed by atoms with Gasteiger partial charge in [0.25, 0.3) is 11.5 Å². The Labute approximate surface area is 162 Å². The zero-order valence-electron chi connectivity index (χ0n) is 15.4. The molecule has 3 aromatic carbocycles. The molecular formula is C23H19N3O2. The normalized spacial score (nSPS) is 10.8. The smallest absolute Gasteiger partial charge is 0.265 e. The van der Waals surface area contributed by atoms with Crippen LogP contribution in [0.25, 0.3) is 16.6 Å². The van der Waals surface area contributed by atoms with Crippen LogP contribution < -0.4 is 10.9 Å². The number of aromatic nitrogens is 2. The molecule has 138 valence electrons. The molecule has 0 aliphatic rings. The van der Waals surface area contributed by atoms with Crippen LogP contribution in [0.4, 0.5) is 5.69 Å². The summed E-state index contributed by atoms with van der Waals surface area (Å²) in [5.74, 6) is -0.191. The second-order valence-corrected chi connectivity index (χ2v) is 6.49. The highest BCUT2D eigenvalue weighted by Crippen LogP contribution is 2.15. The minimum absolute atomic E-state index is 0.140. The van der Waals surface area contributed by atoms with Crippen LogP contribution >= 0.6 is 0 Å². The molecule has 4 aromatic rings. The van der Waals surface area contributed by atoms with E-state index in [2.05, 4.69) is 17.2 Å². The largest absolute Gasteiger partial charge is 0.322 e. The predicted molar refractivity (Wildman–Crippen MR) is 111 cm³/mol. The van der Waals surface area contributed by atoms with Gasteiger partial charge in [0.1, 0.15) is 6.33 Å². The average Bonchev–Trinajstić information content (AvgIpc) is 2.74.